The number of aromatic carboxylic acids is 1. The smallest absolute Gasteiger partial charge is 0.416 e. The minimum absolute atomic E-state index is 0.0732. The van der Waals surface area contributed by atoms with Crippen LogP contribution in [0.5, 0.6) is 0 Å². The van der Waals surface area contributed by atoms with E-state index >= 15 is 0 Å². The number of amides is 2. The molecule has 0 saturated carbocycles. The Balaban J connectivity index is 1.70. The number of rotatable bonds is 6. The molecule has 0 aliphatic rings. The van der Waals surface area contributed by atoms with Gasteiger partial charge in [-0.3, -0.25) is 9.59 Å². The first-order valence-electron chi connectivity index (χ1n) is 9.33. The van der Waals surface area contributed by atoms with Crippen LogP contribution >= 0.6 is 0 Å². The Hall–Kier alpha value is -4.14. The number of hydrogen-bond acceptors (Lipinski definition) is 3. The Morgan fingerprint density at radius 3 is 2.22 bits per heavy atom. The second-order valence-electron chi connectivity index (χ2n) is 6.78. The SMILES string of the molecule is O=C(CC(=O)Nc1ccccc1-c1cccc(C(=O)O)c1)Nc1cccc(C(F)(F)F)c1. The van der Waals surface area contributed by atoms with Crippen LogP contribution in [0.3, 0.4) is 0 Å². The van der Waals surface area contributed by atoms with Crippen molar-refractivity contribution < 1.29 is 32.7 Å². The van der Waals surface area contributed by atoms with Gasteiger partial charge in [0.15, 0.2) is 0 Å². The molecule has 0 aliphatic carbocycles. The maximum atomic E-state index is 12.8. The van der Waals surface area contributed by atoms with Gasteiger partial charge in [-0.25, -0.2) is 4.79 Å². The fourth-order valence-corrected chi connectivity index (χ4v) is 2.98. The zero-order valence-corrected chi connectivity index (χ0v) is 16.4. The lowest BCUT2D eigenvalue weighted by atomic mass is 10.0. The maximum Gasteiger partial charge on any atom is 0.416 e. The van der Waals surface area contributed by atoms with Crippen molar-refractivity contribution in [3.05, 3.63) is 83.9 Å². The summed E-state index contributed by atoms with van der Waals surface area (Å²) in [4.78, 5) is 35.7. The van der Waals surface area contributed by atoms with Gasteiger partial charge in [0.25, 0.3) is 0 Å². The van der Waals surface area contributed by atoms with Crippen LogP contribution in [0.15, 0.2) is 72.8 Å². The Morgan fingerprint density at radius 2 is 1.50 bits per heavy atom. The van der Waals surface area contributed by atoms with Crippen molar-refractivity contribution in [1.29, 1.82) is 0 Å². The number of carbonyl (C=O) groups excluding carboxylic acids is 2. The highest BCUT2D eigenvalue weighted by atomic mass is 19.4. The van der Waals surface area contributed by atoms with Crippen molar-refractivity contribution in [3.8, 4) is 11.1 Å². The monoisotopic (exact) mass is 442 g/mol. The third-order valence-corrected chi connectivity index (χ3v) is 4.42. The Bertz CT molecular complexity index is 1180. The van der Waals surface area contributed by atoms with Crippen molar-refractivity contribution >= 4 is 29.2 Å². The molecule has 0 spiro atoms. The molecule has 9 heteroatoms. The summed E-state index contributed by atoms with van der Waals surface area (Å²) in [5.41, 5.74) is 0.522. The van der Waals surface area contributed by atoms with E-state index in [1.165, 1.54) is 18.2 Å². The quantitative estimate of drug-likeness (QED) is 0.466. The predicted molar refractivity (Wildman–Crippen MR) is 112 cm³/mol. The molecule has 0 unspecified atom stereocenters. The average molecular weight is 442 g/mol. The van der Waals surface area contributed by atoms with Crippen LogP contribution in [0.4, 0.5) is 24.5 Å². The highest BCUT2D eigenvalue weighted by Crippen LogP contribution is 2.31. The van der Waals surface area contributed by atoms with Gasteiger partial charge in [-0.1, -0.05) is 36.4 Å². The van der Waals surface area contributed by atoms with Crippen LogP contribution in [0.25, 0.3) is 11.1 Å². The van der Waals surface area contributed by atoms with Crippen LogP contribution in [0.1, 0.15) is 22.3 Å². The third kappa shape index (κ3) is 5.72. The molecular formula is C23H17F3N2O4. The molecule has 3 aromatic rings. The molecule has 3 N–H and O–H groups in total. The van der Waals surface area contributed by atoms with Crippen molar-refractivity contribution in [2.45, 2.75) is 12.6 Å². The molecule has 0 bridgehead atoms. The fourth-order valence-electron chi connectivity index (χ4n) is 2.98. The zero-order chi connectivity index (χ0) is 23.3. The summed E-state index contributed by atoms with van der Waals surface area (Å²) in [5, 5.41) is 14.0. The van der Waals surface area contributed by atoms with Gasteiger partial charge in [-0.15, -0.1) is 0 Å². The maximum absolute atomic E-state index is 12.8. The molecule has 0 aliphatic heterocycles. The molecule has 164 valence electrons. The van der Waals surface area contributed by atoms with Crippen LogP contribution in [-0.2, 0) is 15.8 Å². The number of anilines is 2. The predicted octanol–water partition coefficient (Wildman–Crippen LogP) is 5.04. The summed E-state index contributed by atoms with van der Waals surface area (Å²) >= 11 is 0. The van der Waals surface area contributed by atoms with Gasteiger partial charge in [-0.2, -0.15) is 13.2 Å². The van der Waals surface area contributed by atoms with E-state index in [1.807, 2.05) is 0 Å². The molecule has 6 nitrogen and oxygen atoms in total. The van der Waals surface area contributed by atoms with Gasteiger partial charge in [0.1, 0.15) is 6.42 Å². The van der Waals surface area contributed by atoms with Crippen molar-refractivity contribution in [3.63, 3.8) is 0 Å². The van der Waals surface area contributed by atoms with Gasteiger partial charge >= 0.3 is 12.1 Å². The van der Waals surface area contributed by atoms with Crippen LogP contribution in [-0.4, -0.2) is 22.9 Å². The summed E-state index contributed by atoms with van der Waals surface area (Å²) in [6.07, 6.45) is -5.18. The summed E-state index contributed by atoms with van der Waals surface area (Å²) in [6.45, 7) is 0. The fraction of sp³-hybridized carbons (Fsp3) is 0.0870. The van der Waals surface area contributed by atoms with E-state index in [-0.39, 0.29) is 11.3 Å². The molecule has 0 saturated heterocycles. The summed E-state index contributed by atoms with van der Waals surface area (Å²) < 4.78 is 38.4. The van der Waals surface area contributed by atoms with Gasteiger partial charge in [-0.05, 0) is 42.0 Å². The second-order valence-corrected chi connectivity index (χ2v) is 6.78. The number of alkyl halides is 3. The van der Waals surface area contributed by atoms with Gasteiger partial charge in [0.05, 0.1) is 11.1 Å². The van der Waals surface area contributed by atoms with E-state index < -0.39 is 35.9 Å². The summed E-state index contributed by atoms with van der Waals surface area (Å²) in [6, 6.07) is 16.9. The minimum Gasteiger partial charge on any atom is -0.478 e. The number of para-hydroxylation sites is 1. The van der Waals surface area contributed by atoms with Crippen LogP contribution in [0, 0.1) is 0 Å². The van der Waals surface area contributed by atoms with Crippen molar-refractivity contribution in [1.82, 2.24) is 0 Å². The highest BCUT2D eigenvalue weighted by molar-refractivity contribution is 6.09. The number of carboxylic acid groups (broad SMARTS) is 1. The lowest BCUT2D eigenvalue weighted by Gasteiger charge is -2.12. The highest BCUT2D eigenvalue weighted by Gasteiger charge is 2.30. The Kier molecular flexibility index (Phi) is 6.58. The Morgan fingerprint density at radius 1 is 0.812 bits per heavy atom. The topological polar surface area (TPSA) is 95.5 Å². The molecule has 0 aromatic heterocycles. The largest absolute Gasteiger partial charge is 0.478 e. The van der Waals surface area contributed by atoms with E-state index in [2.05, 4.69) is 10.6 Å². The second kappa shape index (κ2) is 9.34. The van der Waals surface area contributed by atoms with E-state index in [1.54, 1.807) is 36.4 Å². The number of carbonyl (C=O) groups is 3. The molecule has 0 fully saturated rings. The first-order valence-corrected chi connectivity index (χ1v) is 9.33. The molecule has 0 atom stereocenters. The number of carboxylic acids is 1. The first-order chi connectivity index (χ1) is 15.1. The van der Waals surface area contributed by atoms with Gasteiger partial charge in [0.2, 0.25) is 11.8 Å². The molecular weight excluding hydrogens is 425 g/mol. The third-order valence-electron chi connectivity index (χ3n) is 4.42. The minimum atomic E-state index is -4.56. The van der Waals surface area contributed by atoms with Crippen molar-refractivity contribution in [2.24, 2.45) is 0 Å². The number of halogens is 3. The molecule has 3 aromatic carbocycles. The average Bonchev–Trinajstić information content (AvgIpc) is 2.73. The molecule has 32 heavy (non-hydrogen) atoms. The van der Waals surface area contributed by atoms with Crippen LogP contribution in [0.2, 0.25) is 0 Å². The molecule has 0 heterocycles. The summed E-state index contributed by atoms with van der Waals surface area (Å²) in [5.74, 6) is -2.57. The van der Waals surface area contributed by atoms with Gasteiger partial charge < -0.3 is 15.7 Å². The zero-order valence-electron chi connectivity index (χ0n) is 16.4. The lowest BCUT2D eigenvalue weighted by molar-refractivity contribution is -0.137. The molecule has 0 radical (unpaired) electrons. The number of nitrogens with one attached hydrogen (secondary N) is 2. The van der Waals surface area contributed by atoms with E-state index in [4.69, 9.17) is 0 Å². The lowest BCUT2D eigenvalue weighted by Crippen LogP contribution is -2.22. The van der Waals surface area contributed by atoms with E-state index in [9.17, 15) is 32.7 Å². The summed E-state index contributed by atoms with van der Waals surface area (Å²) in [7, 11) is 0. The van der Waals surface area contributed by atoms with Crippen molar-refractivity contribution in [2.75, 3.05) is 10.6 Å². The van der Waals surface area contributed by atoms with Crippen LogP contribution < -0.4 is 10.6 Å². The first kappa shape index (κ1) is 22.5. The molecule has 3 rings (SSSR count). The number of benzene rings is 3. The molecule has 2 amide bonds. The Labute approximate surface area is 180 Å². The number of hydrogen-bond donors (Lipinski definition) is 3. The van der Waals surface area contributed by atoms with E-state index in [0.717, 1.165) is 18.2 Å². The van der Waals surface area contributed by atoms with E-state index in [0.29, 0.717) is 16.8 Å². The standard InChI is InChI=1S/C23H17F3N2O4/c24-23(25,26)16-7-4-8-17(12-16)27-20(29)13-21(30)28-19-10-2-1-9-18(19)14-5-3-6-15(11-14)22(31)32/h1-12H,13H2,(H,27,29)(H,28,30)(H,31,32). The normalized spacial score (nSPS) is 11.0. The van der Waals surface area contributed by atoms with Gasteiger partial charge in [0, 0.05) is 16.9 Å².